The quantitative estimate of drug-likeness (QED) is 0.249. The summed E-state index contributed by atoms with van der Waals surface area (Å²) in [5.74, 6) is 0. The molecule has 12 N–H and O–H groups in total. The fourth-order valence-electron chi connectivity index (χ4n) is 2.91. The molecule has 2 aliphatic rings. The Labute approximate surface area is 127 Å². The molecule has 2 fully saturated rings. The van der Waals surface area contributed by atoms with Gasteiger partial charge in [-0.2, -0.15) is 0 Å². The van der Waals surface area contributed by atoms with Crippen LogP contribution in [0, 0.1) is 0 Å². The molecule has 10 heteroatoms. The topological polar surface area (TPSA) is 199 Å². The highest BCUT2D eigenvalue weighted by molar-refractivity contribution is 4.97. The summed E-state index contributed by atoms with van der Waals surface area (Å²) >= 11 is 0. The van der Waals surface area contributed by atoms with E-state index in [0.717, 1.165) is 0 Å². The maximum atomic E-state index is 10.1. The van der Waals surface area contributed by atoms with Gasteiger partial charge in [-0.15, -0.1) is 0 Å². The van der Waals surface area contributed by atoms with Crippen molar-refractivity contribution < 1.29 is 40.7 Å². The Kier molecular flexibility index (Phi) is 5.72. The van der Waals surface area contributed by atoms with E-state index in [1.165, 1.54) is 0 Å². The molecule has 0 aromatic rings. The van der Waals surface area contributed by atoms with Gasteiger partial charge < -0.3 is 52.2 Å². The van der Waals surface area contributed by atoms with Crippen LogP contribution in [0.25, 0.3) is 0 Å². The minimum Gasteiger partial charge on any atom is -0.394 e. The summed E-state index contributed by atoms with van der Waals surface area (Å²) in [6, 6.07) is -2.12. The molecule has 0 aromatic carbocycles. The highest BCUT2D eigenvalue weighted by Crippen LogP contribution is 2.26. The van der Waals surface area contributed by atoms with Crippen LogP contribution in [0.3, 0.4) is 0 Å². The smallest absolute Gasteiger partial charge is 0.176 e. The lowest BCUT2D eigenvalue weighted by Crippen LogP contribution is -2.76. The van der Waals surface area contributed by atoms with Gasteiger partial charge >= 0.3 is 0 Å². The summed E-state index contributed by atoms with van der Waals surface area (Å²) in [6.07, 6.45) is -7.98. The predicted molar refractivity (Wildman–Crippen MR) is 71.9 cm³/mol. The summed E-state index contributed by atoms with van der Waals surface area (Å²) in [4.78, 5) is 0. The van der Waals surface area contributed by atoms with Gasteiger partial charge in [0.1, 0.15) is 42.7 Å². The van der Waals surface area contributed by atoms with Crippen molar-refractivity contribution >= 4 is 0 Å². The van der Waals surface area contributed by atoms with Gasteiger partial charge in [-0.3, -0.25) is 0 Å². The van der Waals surface area contributed by atoms with Gasteiger partial charge in [0, 0.05) is 12.5 Å². The van der Waals surface area contributed by atoms with E-state index >= 15 is 0 Å². The third-order valence-corrected chi connectivity index (χ3v) is 4.39. The lowest BCUT2D eigenvalue weighted by atomic mass is 9.84. The number of hydrogen-bond donors (Lipinski definition) is 8. The van der Waals surface area contributed by atoms with Crippen molar-refractivity contribution in [1.82, 2.24) is 0 Å². The van der Waals surface area contributed by atoms with Gasteiger partial charge in [0.05, 0.1) is 12.6 Å². The molecule has 0 radical (unpaired) electrons. The molecule has 0 amide bonds. The minimum atomic E-state index is -1.36. The van der Waals surface area contributed by atoms with Crippen LogP contribution in [0.4, 0.5) is 0 Å². The van der Waals surface area contributed by atoms with Crippen molar-refractivity contribution in [3.8, 4) is 0 Å². The summed E-state index contributed by atoms with van der Waals surface area (Å²) in [7, 11) is 0. The predicted octanol–water partition coefficient (Wildman–Crippen LogP) is -5.80. The number of rotatable bonds is 3. The Balaban J connectivity index is 2.08. The maximum absolute atomic E-state index is 10.1. The van der Waals surface area contributed by atoms with E-state index in [0.29, 0.717) is 6.42 Å². The molecular weight excluding hydrogens is 298 g/mol. The molecule has 10 atom stereocenters. The van der Waals surface area contributed by atoms with Gasteiger partial charge in [-0.25, -0.2) is 0 Å². The molecule has 10 unspecified atom stereocenters. The molecule has 0 aromatic heterocycles. The molecule has 1 saturated carbocycles. The highest BCUT2D eigenvalue weighted by atomic mass is 16.7. The summed E-state index contributed by atoms with van der Waals surface area (Å²) in [6.45, 7) is -0.534. The van der Waals surface area contributed by atoms with Crippen LogP contribution in [0.1, 0.15) is 6.42 Å². The van der Waals surface area contributed by atoms with Gasteiger partial charge in [0.15, 0.2) is 6.29 Å². The van der Waals surface area contributed by atoms with Crippen LogP contribution in [-0.2, 0) is 9.47 Å². The van der Waals surface area contributed by atoms with Gasteiger partial charge in [-0.1, -0.05) is 0 Å². The van der Waals surface area contributed by atoms with Crippen LogP contribution in [0.2, 0.25) is 0 Å². The fraction of sp³-hybridized carbons (Fsp3) is 1.00. The molecule has 0 spiro atoms. The third-order valence-electron chi connectivity index (χ3n) is 4.39. The lowest BCUT2D eigenvalue weighted by Gasteiger charge is -2.45. The van der Waals surface area contributed by atoms with Crippen molar-refractivity contribution in [2.24, 2.45) is 11.5 Å². The van der Waals surface area contributed by atoms with Crippen molar-refractivity contribution in [3.63, 3.8) is 0 Å². The van der Waals surface area contributed by atoms with E-state index in [1.807, 2.05) is 0 Å². The van der Waals surface area contributed by atoms with Gasteiger partial charge in [-0.05, 0) is 0 Å². The lowest BCUT2D eigenvalue weighted by molar-refractivity contribution is -0.454. The van der Waals surface area contributed by atoms with E-state index in [4.69, 9.17) is 26.0 Å². The molecule has 10 nitrogen and oxygen atoms in total. The molecule has 1 aliphatic heterocycles. The van der Waals surface area contributed by atoms with Crippen LogP contribution >= 0.6 is 0 Å². The second-order valence-corrected chi connectivity index (χ2v) is 6.03. The molecule has 2 rings (SSSR count). The zero-order chi connectivity index (χ0) is 16.6. The van der Waals surface area contributed by atoms with E-state index in [2.05, 4.69) is 5.73 Å². The molecule has 1 heterocycles. The number of ether oxygens (including phenoxy) is 2. The van der Waals surface area contributed by atoms with Crippen molar-refractivity contribution in [3.05, 3.63) is 0 Å². The summed E-state index contributed by atoms with van der Waals surface area (Å²) < 4.78 is 10.9. The number of aliphatic hydroxyl groups excluding tert-OH is 5. The first-order chi connectivity index (χ1) is 10.3. The average molecular weight is 324 g/mol. The second-order valence-electron chi connectivity index (χ2n) is 6.03. The Morgan fingerprint density at radius 3 is 2.27 bits per heavy atom. The summed E-state index contributed by atoms with van der Waals surface area (Å²) in [5.41, 5.74) is 15.4. The molecule has 22 heavy (non-hydrogen) atoms. The first-order valence-corrected chi connectivity index (χ1v) is 7.26. The van der Waals surface area contributed by atoms with Gasteiger partial charge in [0.2, 0.25) is 0 Å². The molecule has 1 aliphatic carbocycles. The number of quaternary nitrogens is 1. The van der Waals surface area contributed by atoms with E-state index < -0.39 is 67.6 Å². The van der Waals surface area contributed by atoms with E-state index in [1.54, 1.807) is 0 Å². The monoisotopic (exact) mass is 324 g/mol. The van der Waals surface area contributed by atoms with E-state index in [-0.39, 0.29) is 0 Å². The van der Waals surface area contributed by atoms with Crippen molar-refractivity contribution in [1.29, 1.82) is 0 Å². The van der Waals surface area contributed by atoms with Crippen LogP contribution in [0.15, 0.2) is 0 Å². The second kappa shape index (κ2) is 7.01. The average Bonchev–Trinajstić information content (AvgIpc) is 2.49. The maximum Gasteiger partial charge on any atom is 0.176 e. The number of nitrogens with two attached hydrogens (primary N) is 2. The fourth-order valence-corrected chi connectivity index (χ4v) is 2.91. The van der Waals surface area contributed by atoms with Crippen LogP contribution < -0.4 is 17.2 Å². The normalized spacial score (nSPS) is 53.5. The van der Waals surface area contributed by atoms with Crippen molar-refractivity contribution in [2.45, 2.75) is 67.5 Å². The SMILES string of the molecule is NC1CC([NH3+])C(O)C(O)C1OC1OC(CO)C(O)C(O)C1N. The van der Waals surface area contributed by atoms with Gasteiger partial charge in [0.25, 0.3) is 0 Å². The van der Waals surface area contributed by atoms with E-state index in [9.17, 15) is 20.4 Å². The Morgan fingerprint density at radius 1 is 1.05 bits per heavy atom. The first kappa shape index (κ1) is 17.9. The highest BCUT2D eigenvalue weighted by Gasteiger charge is 2.48. The molecule has 0 bridgehead atoms. The number of hydrogen-bond acceptors (Lipinski definition) is 9. The third kappa shape index (κ3) is 3.26. The Hall–Kier alpha value is -0.400. The number of aliphatic hydroxyl groups is 5. The Bertz CT molecular complexity index is 375. The Morgan fingerprint density at radius 2 is 1.68 bits per heavy atom. The first-order valence-electron chi connectivity index (χ1n) is 7.26. The largest absolute Gasteiger partial charge is 0.394 e. The zero-order valence-corrected chi connectivity index (χ0v) is 12.1. The van der Waals surface area contributed by atoms with Crippen molar-refractivity contribution in [2.75, 3.05) is 6.61 Å². The summed E-state index contributed by atoms with van der Waals surface area (Å²) in [5, 5.41) is 48.7. The van der Waals surface area contributed by atoms with Crippen LogP contribution in [-0.4, -0.2) is 93.2 Å². The van der Waals surface area contributed by atoms with Crippen LogP contribution in [0.5, 0.6) is 0 Å². The molecular formula is C12H26N3O7+. The molecule has 1 saturated heterocycles. The minimum absolute atomic E-state index is 0.333. The molecule has 130 valence electrons. The zero-order valence-electron chi connectivity index (χ0n) is 12.1. The standard InChI is InChI=1S/C12H25N3O7/c13-3-1-4(14)11(10(20)7(3)17)22-12-6(15)9(19)8(18)5(2-16)21-12/h3-12,16-20H,1-2,13-15H2/p+1.